The number of nitro groups is 2. The first kappa shape index (κ1) is 24.7. The Morgan fingerprint density at radius 2 is 1.85 bits per heavy atom. The Morgan fingerprint density at radius 3 is 2.47 bits per heavy atom. The predicted octanol–water partition coefficient (Wildman–Crippen LogP) is 4.13. The van der Waals surface area contributed by atoms with Crippen molar-refractivity contribution in [1.29, 1.82) is 0 Å². The number of aliphatic hydroxyl groups is 1. The van der Waals surface area contributed by atoms with Crippen LogP contribution in [0, 0.1) is 20.2 Å². The number of hydrogen-bond acceptors (Lipinski definition) is 8. The second-order valence-electron chi connectivity index (χ2n) is 7.86. The number of carbonyl (C=O) groups is 1. The zero-order chi connectivity index (χ0) is 24.8. The fourth-order valence-corrected chi connectivity index (χ4v) is 4.13. The van der Waals surface area contributed by atoms with Gasteiger partial charge in [0.25, 0.3) is 11.7 Å². The van der Waals surface area contributed by atoms with Gasteiger partial charge in [0.2, 0.25) is 0 Å². The number of aliphatic hydroxyl groups excluding tert-OH is 1. The van der Waals surface area contributed by atoms with E-state index in [-0.39, 0.29) is 47.7 Å². The molecule has 3 rings (SSSR count). The first-order valence-electron chi connectivity index (χ1n) is 10.8. The van der Waals surface area contributed by atoms with Gasteiger partial charge >= 0.3 is 5.97 Å². The third kappa shape index (κ3) is 5.34. The topological polar surface area (TPSA) is 145 Å². The van der Waals surface area contributed by atoms with E-state index in [0.29, 0.717) is 5.56 Å². The van der Waals surface area contributed by atoms with Gasteiger partial charge in [-0.25, -0.2) is 4.79 Å². The van der Waals surface area contributed by atoms with Gasteiger partial charge in [0.1, 0.15) is 0 Å². The molecular weight excluding hydrogens is 442 g/mol. The Hall–Kier alpha value is -3.92. The molecule has 10 nitrogen and oxygen atoms in total. The van der Waals surface area contributed by atoms with E-state index in [4.69, 9.17) is 4.74 Å². The van der Waals surface area contributed by atoms with Crippen LogP contribution >= 0.6 is 0 Å². The van der Waals surface area contributed by atoms with Gasteiger partial charge in [-0.15, -0.1) is 0 Å². The maximum Gasteiger partial charge on any atom is 0.336 e. The highest BCUT2D eigenvalue weighted by Crippen LogP contribution is 2.40. The lowest BCUT2D eigenvalue weighted by Gasteiger charge is -2.28. The first-order chi connectivity index (χ1) is 16.2. The van der Waals surface area contributed by atoms with Gasteiger partial charge in [-0.3, -0.25) is 25.2 Å². The number of nitro benzene ring substituents is 1. The molecule has 0 aromatic heterocycles. The van der Waals surface area contributed by atoms with Crippen molar-refractivity contribution in [3.63, 3.8) is 0 Å². The van der Waals surface area contributed by atoms with Gasteiger partial charge < -0.3 is 9.84 Å². The van der Waals surface area contributed by atoms with E-state index < -0.39 is 33.9 Å². The molecule has 1 aliphatic heterocycles. The lowest BCUT2D eigenvalue weighted by molar-refractivity contribution is -0.505. The van der Waals surface area contributed by atoms with Gasteiger partial charge in [0.15, 0.2) is 0 Å². The molecule has 0 bridgehead atoms. The molecule has 10 heteroatoms. The Bertz CT molecular complexity index is 1140. The molecule has 1 N–H and O–H groups in total. The number of esters is 1. The van der Waals surface area contributed by atoms with Crippen molar-refractivity contribution in [3.05, 3.63) is 97.2 Å². The Labute approximate surface area is 195 Å². The molecule has 178 valence electrons. The summed E-state index contributed by atoms with van der Waals surface area (Å²) in [4.78, 5) is 39.6. The minimum Gasteiger partial charge on any atom is -0.463 e. The van der Waals surface area contributed by atoms with E-state index >= 15 is 0 Å². The minimum absolute atomic E-state index is 0.0186. The smallest absolute Gasteiger partial charge is 0.336 e. The summed E-state index contributed by atoms with van der Waals surface area (Å²) in [7, 11) is 0. The average Bonchev–Trinajstić information content (AvgIpc) is 2.82. The number of hydrogen-bond donors (Lipinski definition) is 1. The summed E-state index contributed by atoms with van der Waals surface area (Å²) in [6.07, 6.45) is -0.474. The fourth-order valence-electron chi connectivity index (χ4n) is 4.13. The Morgan fingerprint density at radius 1 is 1.15 bits per heavy atom. The van der Waals surface area contributed by atoms with Crippen LogP contribution in [0.25, 0.3) is 0 Å². The molecule has 1 aliphatic rings. The van der Waals surface area contributed by atoms with Crippen LogP contribution in [-0.4, -0.2) is 39.3 Å². The van der Waals surface area contributed by atoms with Crippen LogP contribution in [0.2, 0.25) is 0 Å². The quantitative estimate of drug-likeness (QED) is 0.331. The number of nitrogens with zero attached hydrogens (tertiary/aromatic N) is 3. The van der Waals surface area contributed by atoms with E-state index in [0.717, 1.165) is 0 Å². The molecule has 2 aromatic carbocycles. The number of carbonyl (C=O) groups excluding carboxylic acids is 1. The standard InChI is InChI=1S/C24H25N3O7/c1-3-34-24(29)22-19(12-13-20(28)16-8-5-4-6-9-16)25-15(2)23(27(32)33)21(22)17-10-7-11-18(14-17)26(30)31/h4-11,14,20-21,23,28H,3,12-13H2,1-2H3. The number of allylic oxidation sites excluding steroid dienone is 1. The number of rotatable bonds is 9. The van der Waals surface area contributed by atoms with Crippen LogP contribution in [0.1, 0.15) is 49.8 Å². The van der Waals surface area contributed by atoms with Gasteiger partial charge in [0, 0.05) is 17.1 Å². The summed E-state index contributed by atoms with van der Waals surface area (Å²) in [5.41, 5.74) is 1.10. The molecule has 34 heavy (non-hydrogen) atoms. The Kier molecular flexibility index (Phi) is 7.85. The molecule has 1 heterocycles. The minimum atomic E-state index is -1.40. The largest absolute Gasteiger partial charge is 0.463 e. The zero-order valence-electron chi connectivity index (χ0n) is 18.8. The van der Waals surface area contributed by atoms with E-state index in [9.17, 15) is 30.1 Å². The van der Waals surface area contributed by atoms with Crippen molar-refractivity contribution < 1.29 is 24.5 Å². The number of non-ortho nitro benzene ring substituents is 1. The number of benzene rings is 2. The molecule has 0 fully saturated rings. The molecule has 0 spiro atoms. The highest BCUT2D eigenvalue weighted by atomic mass is 16.6. The van der Waals surface area contributed by atoms with Crippen molar-refractivity contribution in [2.45, 2.75) is 44.8 Å². The molecule has 3 unspecified atom stereocenters. The molecule has 0 saturated carbocycles. The van der Waals surface area contributed by atoms with Crippen molar-refractivity contribution in [2.75, 3.05) is 6.61 Å². The molecule has 3 atom stereocenters. The third-order valence-electron chi connectivity index (χ3n) is 5.68. The van der Waals surface area contributed by atoms with Crippen molar-refractivity contribution >= 4 is 17.4 Å². The molecule has 0 amide bonds. The number of ether oxygens (including phenoxy) is 1. The highest BCUT2D eigenvalue weighted by molar-refractivity contribution is 5.98. The second-order valence-corrected chi connectivity index (χ2v) is 7.86. The van der Waals surface area contributed by atoms with Gasteiger partial charge in [-0.2, -0.15) is 0 Å². The predicted molar refractivity (Wildman–Crippen MR) is 124 cm³/mol. The van der Waals surface area contributed by atoms with Crippen molar-refractivity contribution in [1.82, 2.24) is 0 Å². The maximum absolute atomic E-state index is 13.0. The van der Waals surface area contributed by atoms with Crippen LogP contribution in [-0.2, 0) is 9.53 Å². The summed E-state index contributed by atoms with van der Waals surface area (Å²) in [6, 6.07) is 13.0. The SMILES string of the molecule is CCOC(=O)C1=C(CCC(O)c2ccccc2)N=C(C)C([N+](=O)[O-])C1c1cccc([N+](=O)[O-])c1. The van der Waals surface area contributed by atoms with Crippen LogP contribution < -0.4 is 0 Å². The third-order valence-corrected chi connectivity index (χ3v) is 5.68. The van der Waals surface area contributed by atoms with E-state index in [2.05, 4.69) is 4.99 Å². The highest BCUT2D eigenvalue weighted by Gasteiger charge is 2.45. The zero-order valence-corrected chi connectivity index (χ0v) is 18.8. The molecule has 0 aliphatic carbocycles. The normalized spacial score (nSPS) is 18.7. The molecule has 0 saturated heterocycles. The Balaban J connectivity index is 2.10. The van der Waals surface area contributed by atoms with Crippen LogP contribution in [0.5, 0.6) is 0 Å². The second kappa shape index (κ2) is 10.8. The van der Waals surface area contributed by atoms with Crippen molar-refractivity contribution in [3.8, 4) is 0 Å². The van der Waals surface area contributed by atoms with E-state index in [1.165, 1.54) is 31.2 Å². The summed E-state index contributed by atoms with van der Waals surface area (Å²) in [5, 5.41) is 33.9. The summed E-state index contributed by atoms with van der Waals surface area (Å²) < 4.78 is 5.21. The monoisotopic (exact) mass is 467 g/mol. The molecular formula is C24H25N3O7. The van der Waals surface area contributed by atoms with Gasteiger partial charge in [-0.1, -0.05) is 42.5 Å². The average molecular weight is 467 g/mol. The van der Waals surface area contributed by atoms with Crippen molar-refractivity contribution in [2.24, 2.45) is 4.99 Å². The lowest BCUT2D eigenvalue weighted by Crippen LogP contribution is -2.40. The van der Waals surface area contributed by atoms with Crippen LogP contribution in [0.3, 0.4) is 0 Å². The van der Waals surface area contributed by atoms with E-state index in [1.54, 1.807) is 31.2 Å². The summed E-state index contributed by atoms with van der Waals surface area (Å²) >= 11 is 0. The fraction of sp³-hybridized carbons (Fsp3) is 0.333. The lowest BCUT2D eigenvalue weighted by atomic mass is 9.79. The van der Waals surface area contributed by atoms with Crippen LogP contribution in [0.4, 0.5) is 5.69 Å². The van der Waals surface area contributed by atoms with E-state index in [1.807, 2.05) is 6.07 Å². The van der Waals surface area contributed by atoms with Gasteiger partial charge in [-0.05, 0) is 37.8 Å². The summed E-state index contributed by atoms with van der Waals surface area (Å²) in [5.74, 6) is -1.90. The summed E-state index contributed by atoms with van der Waals surface area (Å²) in [6.45, 7) is 3.14. The number of aliphatic imine (C=N–C) groups is 1. The molecule has 0 radical (unpaired) electrons. The maximum atomic E-state index is 13.0. The van der Waals surface area contributed by atoms with Gasteiger partial charge in [0.05, 0.1) is 40.5 Å². The first-order valence-corrected chi connectivity index (χ1v) is 10.8. The van der Waals surface area contributed by atoms with Crippen LogP contribution in [0.15, 0.2) is 70.9 Å². The molecule has 2 aromatic rings.